The lowest BCUT2D eigenvalue weighted by atomic mass is 10.2. The molecule has 5 heterocycles. The molecular weight excluding hydrogens is 238 g/mol. The van der Waals surface area contributed by atoms with Crippen LogP contribution in [0.15, 0.2) is 49.3 Å². The van der Waals surface area contributed by atoms with E-state index in [0.717, 1.165) is 23.5 Å². The second-order valence-electron chi connectivity index (χ2n) is 4.81. The lowest BCUT2D eigenvalue weighted by Crippen LogP contribution is -2.16. The van der Waals surface area contributed by atoms with Crippen molar-refractivity contribution < 1.29 is 4.40 Å². The predicted molar refractivity (Wildman–Crippen MR) is 68.7 cm³/mol. The lowest BCUT2D eigenvalue weighted by Gasteiger charge is -1.92. The maximum Gasteiger partial charge on any atom is 0.375 e. The number of hydrogen-bond donors (Lipinski definition) is 0. The fourth-order valence-electron chi connectivity index (χ4n) is 2.97. The zero-order valence-corrected chi connectivity index (χ0v) is 10.1. The number of nitrogens with zero attached hydrogens (tertiary/aromatic N) is 5. The molecule has 4 aromatic rings. The Morgan fingerprint density at radius 3 is 3.21 bits per heavy atom. The van der Waals surface area contributed by atoms with Crippen LogP contribution in [-0.4, -0.2) is 18.9 Å². The van der Waals surface area contributed by atoms with E-state index in [9.17, 15) is 0 Å². The van der Waals surface area contributed by atoms with Gasteiger partial charge in [0.05, 0.1) is 24.3 Å². The molecule has 0 saturated carbocycles. The number of fused-ring (bicyclic) bond motifs is 7. The second-order valence-corrected chi connectivity index (χ2v) is 4.81. The van der Waals surface area contributed by atoms with Gasteiger partial charge in [-0.3, -0.25) is 9.97 Å². The molecule has 0 bridgehead atoms. The Morgan fingerprint density at radius 1 is 1.21 bits per heavy atom. The van der Waals surface area contributed by atoms with Gasteiger partial charge >= 0.3 is 5.78 Å². The van der Waals surface area contributed by atoms with Gasteiger partial charge in [0.1, 0.15) is 24.6 Å². The van der Waals surface area contributed by atoms with Crippen LogP contribution < -0.4 is 4.40 Å². The van der Waals surface area contributed by atoms with Crippen LogP contribution >= 0.6 is 0 Å². The van der Waals surface area contributed by atoms with Crippen LogP contribution in [0.3, 0.4) is 0 Å². The maximum atomic E-state index is 4.47. The minimum absolute atomic E-state index is 0.830. The molecular formula is C14H10N5+. The molecule has 90 valence electrons. The second kappa shape index (κ2) is 3.00. The van der Waals surface area contributed by atoms with Crippen LogP contribution in [0.2, 0.25) is 0 Å². The summed E-state index contributed by atoms with van der Waals surface area (Å²) >= 11 is 0. The summed E-state index contributed by atoms with van der Waals surface area (Å²) < 4.78 is 6.61. The summed E-state index contributed by atoms with van der Waals surface area (Å²) in [4.78, 5) is 8.63. The Morgan fingerprint density at radius 2 is 2.21 bits per heavy atom. The Bertz CT molecular complexity index is 947. The summed E-state index contributed by atoms with van der Waals surface area (Å²) in [5.74, 6) is 1.14. The van der Waals surface area contributed by atoms with Crippen molar-refractivity contribution in [1.29, 1.82) is 0 Å². The van der Waals surface area contributed by atoms with Gasteiger partial charge in [0.25, 0.3) is 0 Å². The van der Waals surface area contributed by atoms with E-state index in [2.05, 4.69) is 41.8 Å². The standard InChI is InChI=1S/C14H10N5/c1-2-11-12(16-3-1)8-19-13(11)9-17-7-10-6-15-4-5-18(10)14(17)19/h1-7,9H,8H2/q+1. The average Bonchev–Trinajstić information content (AvgIpc) is 3.05. The molecule has 0 fully saturated rings. The van der Waals surface area contributed by atoms with E-state index in [1.54, 1.807) is 0 Å². The third-order valence-corrected chi connectivity index (χ3v) is 3.77. The quantitative estimate of drug-likeness (QED) is 0.387. The number of hydrogen-bond acceptors (Lipinski definition) is 2. The normalized spacial score (nSPS) is 13.1. The van der Waals surface area contributed by atoms with E-state index in [0.29, 0.717) is 0 Å². The molecule has 19 heavy (non-hydrogen) atoms. The highest BCUT2D eigenvalue weighted by atomic mass is 15.2. The molecule has 0 atom stereocenters. The molecule has 5 rings (SSSR count). The molecule has 0 aromatic carbocycles. The van der Waals surface area contributed by atoms with E-state index in [-0.39, 0.29) is 0 Å². The van der Waals surface area contributed by atoms with Gasteiger partial charge in [-0.2, -0.15) is 4.40 Å². The number of pyridine rings is 1. The van der Waals surface area contributed by atoms with Crippen LogP contribution in [-0.2, 0) is 6.54 Å². The van der Waals surface area contributed by atoms with Gasteiger partial charge in [-0.15, -0.1) is 0 Å². The molecule has 0 aliphatic carbocycles. The third-order valence-electron chi connectivity index (χ3n) is 3.77. The van der Waals surface area contributed by atoms with Gasteiger partial charge in [0.15, 0.2) is 5.52 Å². The topological polar surface area (TPSA) is 39.2 Å². The molecule has 5 nitrogen and oxygen atoms in total. The first-order chi connectivity index (χ1) is 9.42. The first-order valence-corrected chi connectivity index (χ1v) is 6.22. The number of imidazole rings is 2. The van der Waals surface area contributed by atoms with Crippen LogP contribution in [0.25, 0.3) is 22.6 Å². The van der Waals surface area contributed by atoms with E-state index in [1.807, 2.05) is 30.9 Å². The Kier molecular flexibility index (Phi) is 1.46. The molecule has 0 saturated heterocycles. The van der Waals surface area contributed by atoms with E-state index < -0.39 is 0 Å². The van der Waals surface area contributed by atoms with Crippen LogP contribution in [0.1, 0.15) is 5.69 Å². The smallest absolute Gasteiger partial charge is 0.258 e. The van der Waals surface area contributed by atoms with Crippen molar-refractivity contribution in [3.05, 3.63) is 55.0 Å². The van der Waals surface area contributed by atoms with Gasteiger partial charge in [-0.05, 0) is 12.1 Å². The van der Waals surface area contributed by atoms with Crippen molar-refractivity contribution in [3.8, 4) is 11.3 Å². The summed E-state index contributed by atoms with van der Waals surface area (Å²) in [7, 11) is 0. The molecule has 1 aliphatic rings. The molecule has 0 spiro atoms. The molecule has 0 N–H and O–H groups in total. The van der Waals surface area contributed by atoms with Crippen molar-refractivity contribution in [2.24, 2.45) is 0 Å². The van der Waals surface area contributed by atoms with Gasteiger partial charge < -0.3 is 0 Å². The molecule has 0 amide bonds. The Balaban J connectivity index is 1.94. The minimum Gasteiger partial charge on any atom is -0.258 e. The van der Waals surface area contributed by atoms with Gasteiger partial charge in [0, 0.05) is 11.8 Å². The largest absolute Gasteiger partial charge is 0.375 e. The zero-order valence-electron chi connectivity index (χ0n) is 10.1. The molecule has 1 aliphatic heterocycles. The molecule has 4 aromatic heterocycles. The fourth-order valence-corrected chi connectivity index (χ4v) is 2.97. The molecule has 5 heteroatoms. The summed E-state index contributed by atoms with van der Waals surface area (Å²) in [5, 5.41) is 0. The summed E-state index contributed by atoms with van der Waals surface area (Å²) in [5.41, 5.74) is 4.69. The highest BCUT2D eigenvalue weighted by molar-refractivity contribution is 5.68. The highest BCUT2D eigenvalue weighted by Crippen LogP contribution is 2.31. The monoisotopic (exact) mass is 248 g/mol. The van der Waals surface area contributed by atoms with E-state index in [1.165, 1.54) is 11.3 Å². The van der Waals surface area contributed by atoms with Crippen molar-refractivity contribution in [2.45, 2.75) is 6.54 Å². The van der Waals surface area contributed by atoms with Crippen molar-refractivity contribution in [2.75, 3.05) is 0 Å². The van der Waals surface area contributed by atoms with Crippen LogP contribution in [0.4, 0.5) is 0 Å². The first-order valence-electron chi connectivity index (χ1n) is 6.22. The van der Waals surface area contributed by atoms with Crippen molar-refractivity contribution >= 4 is 11.3 Å². The average molecular weight is 248 g/mol. The third kappa shape index (κ3) is 1.03. The summed E-state index contributed by atoms with van der Waals surface area (Å²) in [6.07, 6.45) is 11.8. The van der Waals surface area contributed by atoms with E-state index >= 15 is 0 Å². The predicted octanol–water partition coefficient (Wildman–Crippen LogP) is 1.30. The summed E-state index contributed by atoms with van der Waals surface area (Å²) in [6, 6.07) is 4.13. The number of rotatable bonds is 0. The maximum absolute atomic E-state index is 4.47. The fraction of sp³-hybridized carbons (Fsp3) is 0.0714. The van der Waals surface area contributed by atoms with Crippen LogP contribution in [0.5, 0.6) is 0 Å². The Labute approximate surface area is 108 Å². The van der Waals surface area contributed by atoms with Crippen LogP contribution in [0, 0.1) is 0 Å². The highest BCUT2D eigenvalue weighted by Gasteiger charge is 2.29. The SMILES string of the molecule is c1cnc2c(c1)-c1c[n+]3cc4cnccn4c3n1C2. The first kappa shape index (κ1) is 9.27. The number of aromatic nitrogens is 5. The van der Waals surface area contributed by atoms with E-state index in [4.69, 9.17) is 0 Å². The lowest BCUT2D eigenvalue weighted by molar-refractivity contribution is -0.508. The summed E-state index contributed by atoms with van der Waals surface area (Å²) in [6.45, 7) is 0.830. The Hall–Kier alpha value is -2.69. The van der Waals surface area contributed by atoms with Crippen molar-refractivity contribution in [3.63, 3.8) is 0 Å². The molecule has 0 radical (unpaired) electrons. The van der Waals surface area contributed by atoms with Gasteiger partial charge in [-0.25, -0.2) is 8.97 Å². The minimum atomic E-state index is 0.830. The van der Waals surface area contributed by atoms with Crippen molar-refractivity contribution in [1.82, 2.24) is 18.9 Å². The van der Waals surface area contributed by atoms with Gasteiger partial charge in [0.2, 0.25) is 0 Å². The zero-order chi connectivity index (χ0) is 12.4. The van der Waals surface area contributed by atoms with Gasteiger partial charge in [-0.1, -0.05) is 0 Å². The molecule has 0 unspecified atom stereocenters.